The molecule has 1 atom stereocenters. The van der Waals surface area contributed by atoms with Crippen molar-refractivity contribution in [3.05, 3.63) is 65.6 Å². The molecule has 4 rings (SSSR count). The molecule has 0 radical (unpaired) electrons. The molecule has 0 aliphatic carbocycles. The van der Waals surface area contributed by atoms with E-state index in [-0.39, 0.29) is 24.2 Å². The first-order valence-corrected chi connectivity index (χ1v) is 10.5. The second kappa shape index (κ2) is 9.54. The number of nitrogens with one attached hydrogen (secondary N) is 1. The van der Waals surface area contributed by atoms with Gasteiger partial charge < -0.3 is 9.84 Å². The van der Waals surface area contributed by atoms with Crippen molar-refractivity contribution in [1.29, 1.82) is 0 Å². The van der Waals surface area contributed by atoms with E-state index in [0.29, 0.717) is 37.9 Å². The molecule has 9 heteroatoms. The third kappa shape index (κ3) is 5.17. The summed E-state index contributed by atoms with van der Waals surface area (Å²) in [6.07, 6.45) is 0. The fourth-order valence-electron chi connectivity index (χ4n) is 3.68. The maximum atomic E-state index is 13.7. The molecule has 1 amide bonds. The SMILES string of the molecule is Cc1ccc(-c2noc(C(C)N3CCN(CC(=O)Nc4cc(F)ccc4F)CC3)n2)cc1. The molecule has 32 heavy (non-hydrogen) atoms. The van der Waals surface area contributed by atoms with E-state index in [4.69, 9.17) is 4.52 Å². The molecule has 2 heterocycles. The van der Waals surface area contributed by atoms with Crippen LogP contribution in [0.5, 0.6) is 0 Å². The monoisotopic (exact) mass is 441 g/mol. The van der Waals surface area contributed by atoms with Crippen LogP contribution in [0.15, 0.2) is 47.0 Å². The van der Waals surface area contributed by atoms with Gasteiger partial charge >= 0.3 is 0 Å². The summed E-state index contributed by atoms with van der Waals surface area (Å²) in [5.74, 6) is -0.533. The number of amides is 1. The van der Waals surface area contributed by atoms with Crippen LogP contribution in [0, 0.1) is 18.6 Å². The Morgan fingerprint density at radius 1 is 1.12 bits per heavy atom. The van der Waals surface area contributed by atoms with Crippen molar-refractivity contribution >= 4 is 11.6 Å². The standard InChI is InChI=1S/C23H25F2N5O2/c1-15-3-5-17(6-4-15)22-27-23(32-28-22)16(2)30-11-9-29(10-12-30)14-21(31)26-20-13-18(24)7-8-19(20)25/h3-8,13,16H,9-12,14H2,1-2H3,(H,26,31). The Morgan fingerprint density at radius 2 is 1.84 bits per heavy atom. The highest BCUT2D eigenvalue weighted by Gasteiger charge is 2.27. The van der Waals surface area contributed by atoms with Gasteiger partial charge in [0, 0.05) is 37.8 Å². The molecule has 1 aliphatic rings. The van der Waals surface area contributed by atoms with Gasteiger partial charge in [-0.05, 0) is 26.0 Å². The number of carbonyl (C=O) groups is 1. The average Bonchev–Trinajstić information content (AvgIpc) is 3.27. The molecule has 0 bridgehead atoms. The molecular weight excluding hydrogens is 416 g/mol. The quantitative estimate of drug-likeness (QED) is 0.630. The molecule has 1 aliphatic heterocycles. The fraction of sp³-hybridized carbons (Fsp3) is 0.348. The first-order valence-electron chi connectivity index (χ1n) is 10.5. The van der Waals surface area contributed by atoms with Gasteiger partial charge in [-0.25, -0.2) is 8.78 Å². The summed E-state index contributed by atoms with van der Waals surface area (Å²) in [5, 5.41) is 6.54. The van der Waals surface area contributed by atoms with E-state index in [1.165, 1.54) is 5.56 Å². The summed E-state index contributed by atoms with van der Waals surface area (Å²) in [5.41, 5.74) is 1.92. The highest BCUT2D eigenvalue weighted by molar-refractivity contribution is 5.92. The number of hydrogen-bond donors (Lipinski definition) is 1. The highest BCUT2D eigenvalue weighted by atomic mass is 19.1. The van der Waals surface area contributed by atoms with Gasteiger partial charge in [-0.3, -0.25) is 14.6 Å². The van der Waals surface area contributed by atoms with Crippen LogP contribution in [0.4, 0.5) is 14.5 Å². The summed E-state index contributed by atoms with van der Waals surface area (Å²) >= 11 is 0. The number of piperazine rings is 1. The van der Waals surface area contributed by atoms with Crippen molar-refractivity contribution in [3.63, 3.8) is 0 Å². The lowest BCUT2D eigenvalue weighted by molar-refractivity contribution is -0.117. The molecule has 168 valence electrons. The van der Waals surface area contributed by atoms with E-state index in [2.05, 4.69) is 20.4 Å². The minimum absolute atomic E-state index is 0.0564. The zero-order chi connectivity index (χ0) is 22.7. The van der Waals surface area contributed by atoms with Crippen LogP contribution in [-0.2, 0) is 4.79 Å². The Morgan fingerprint density at radius 3 is 2.56 bits per heavy atom. The van der Waals surface area contributed by atoms with Gasteiger partial charge in [0.05, 0.1) is 18.3 Å². The molecule has 1 N–H and O–H groups in total. The lowest BCUT2D eigenvalue weighted by Crippen LogP contribution is -2.49. The zero-order valence-corrected chi connectivity index (χ0v) is 18.0. The Balaban J connectivity index is 1.29. The predicted octanol–water partition coefficient (Wildman–Crippen LogP) is 3.64. The van der Waals surface area contributed by atoms with Gasteiger partial charge in [-0.15, -0.1) is 0 Å². The minimum atomic E-state index is -0.664. The number of nitrogens with zero attached hydrogens (tertiary/aromatic N) is 4. The van der Waals surface area contributed by atoms with Gasteiger partial charge in [0.1, 0.15) is 11.6 Å². The topological polar surface area (TPSA) is 74.5 Å². The van der Waals surface area contributed by atoms with Gasteiger partial charge in [0.2, 0.25) is 17.6 Å². The molecule has 0 saturated carbocycles. The molecule has 7 nitrogen and oxygen atoms in total. The zero-order valence-electron chi connectivity index (χ0n) is 18.0. The van der Waals surface area contributed by atoms with Gasteiger partial charge in [0.25, 0.3) is 0 Å². The summed E-state index contributed by atoms with van der Waals surface area (Å²) in [7, 11) is 0. The smallest absolute Gasteiger partial charge is 0.244 e. The lowest BCUT2D eigenvalue weighted by Gasteiger charge is -2.36. The van der Waals surface area contributed by atoms with Crippen molar-refractivity contribution in [2.24, 2.45) is 0 Å². The lowest BCUT2D eigenvalue weighted by atomic mass is 10.1. The van der Waals surface area contributed by atoms with Crippen molar-refractivity contribution in [1.82, 2.24) is 19.9 Å². The van der Waals surface area contributed by atoms with Gasteiger partial charge in [0.15, 0.2) is 0 Å². The second-order valence-corrected chi connectivity index (χ2v) is 7.98. The Labute approximate surface area is 185 Å². The molecule has 1 unspecified atom stereocenters. The van der Waals surface area contributed by atoms with Gasteiger partial charge in [-0.2, -0.15) is 4.98 Å². The third-order valence-electron chi connectivity index (χ3n) is 5.63. The number of aryl methyl sites for hydroxylation is 1. The number of aromatic nitrogens is 2. The van der Waals surface area contributed by atoms with E-state index in [1.807, 2.05) is 43.0 Å². The predicted molar refractivity (Wildman–Crippen MR) is 116 cm³/mol. The van der Waals surface area contributed by atoms with Gasteiger partial charge in [-0.1, -0.05) is 35.0 Å². The summed E-state index contributed by atoms with van der Waals surface area (Å²) < 4.78 is 32.5. The van der Waals surface area contributed by atoms with Crippen LogP contribution < -0.4 is 5.32 Å². The number of benzene rings is 2. The Hall–Kier alpha value is -3.17. The van der Waals surface area contributed by atoms with E-state index in [9.17, 15) is 13.6 Å². The van der Waals surface area contributed by atoms with Crippen LogP contribution >= 0.6 is 0 Å². The normalized spacial score (nSPS) is 16.1. The maximum Gasteiger partial charge on any atom is 0.244 e. The van der Waals surface area contributed by atoms with E-state index < -0.39 is 11.6 Å². The number of hydrogen-bond acceptors (Lipinski definition) is 6. The van der Waals surface area contributed by atoms with Crippen molar-refractivity contribution in [2.75, 3.05) is 38.0 Å². The van der Waals surface area contributed by atoms with Crippen LogP contribution in [-0.4, -0.2) is 58.6 Å². The molecule has 3 aromatic rings. The van der Waals surface area contributed by atoms with Crippen LogP contribution in [0.2, 0.25) is 0 Å². The Bertz CT molecular complexity index is 1080. The molecule has 1 saturated heterocycles. The van der Waals surface area contributed by atoms with Crippen LogP contribution in [0.3, 0.4) is 0 Å². The largest absolute Gasteiger partial charge is 0.337 e. The fourth-order valence-corrected chi connectivity index (χ4v) is 3.68. The molecule has 2 aromatic carbocycles. The average molecular weight is 441 g/mol. The summed E-state index contributed by atoms with van der Waals surface area (Å²) in [6, 6.07) is 10.9. The van der Waals surface area contributed by atoms with E-state index in [0.717, 1.165) is 23.8 Å². The summed E-state index contributed by atoms with van der Waals surface area (Å²) in [4.78, 5) is 21.0. The van der Waals surface area contributed by atoms with Crippen LogP contribution in [0.1, 0.15) is 24.4 Å². The maximum absolute atomic E-state index is 13.7. The molecule has 1 fully saturated rings. The second-order valence-electron chi connectivity index (χ2n) is 7.98. The number of anilines is 1. The molecular formula is C23H25F2N5O2. The first-order chi connectivity index (χ1) is 15.4. The van der Waals surface area contributed by atoms with Crippen molar-refractivity contribution in [3.8, 4) is 11.4 Å². The number of carbonyl (C=O) groups excluding carboxylic acids is 1. The third-order valence-corrected chi connectivity index (χ3v) is 5.63. The number of halogens is 2. The van der Waals surface area contributed by atoms with E-state index in [1.54, 1.807) is 0 Å². The van der Waals surface area contributed by atoms with E-state index >= 15 is 0 Å². The van der Waals surface area contributed by atoms with Crippen LogP contribution in [0.25, 0.3) is 11.4 Å². The Kier molecular flexibility index (Phi) is 6.57. The van der Waals surface area contributed by atoms with Crippen molar-refractivity contribution < 1.29 is 18.1 Å². The highest BCUT2D eigenvalue weighted by Crippen LogP contribution is 2.24. The first kappa shape index (κ1) is 22.0. The minimum Gasteiger partial charge on any atom is -0.337 e. The molecule has 1 aromatic heterocycles. The number of rotatable bonds is 6. The van der Waals surface area contributed by atoms with Crippen molar-refractivity contribution in [2.45, 2.75) is 19.9 Å². The summed E-state index contributed by atoms with van der Waals surface area (Å²) in [6.45, 7) is 6.88. The molecule has 0 spiro atoms.